The molecule has 4 heteroatoms. The van der Waals surface area contributed by atoms with Crippen molar-refractivity contribution >= 4 is 22.9 Å². The first-order valence-electron chi connectivity index (χ1n) is 4.61. The van der Waals surface area contributed by atoms with Gasteiger partial charge in [-0.05, 0) is 19.9 Å². The monoisotopic (exact) mass is 283 g/mol. The number of hydrogen-bond acceptors (Lipinski definition) is 3. The van der Waals surface area contributed by atoms with E-state index in [1.165, 1.54) is 25.9 Å². The molecule has 1 saturated heterocycles. The summed E-state index contributed by atoms with van der Waals surface area (Å²) in [6.45, 7) is 4.64. The van der Waals surface area contributed by atoms with Crippen LogP contribution in [-0.2, 0) is 0 Å². The zero-order valence-electron chi connectivity index (χ0n) is 7.65. The second kappa shape index (κ2) is 6.12. The SMILES string of the molecule is CNCCNC1CCN(I)CC1. The van der Waals surface area contributed by atoms with Crippen molar-refractivity contribution in [2.45, 2.75) is 18.9 Å². The Labute approximate surface area is 88.8 Å². The van der Waals surface area contributed by atoms with E-state index >= 15 is 0 Å². The maximum absolute atomic E-state index is 3.55. The van der Waals surface area contributed by atoms with Crippen molar-refractivity contribution in [3.63, 3.8) is 0 Å². The molecule has 1 heterocycles. The van der Waals surface area contributed by atoms with Crippen LogP contribution < -0.4 is 10.6 Å². The van der Waals surface area contributed by atoms with Gasteiger partial charge in [0.15, 0.2) is 0 Å². The molecule has 0 amide bonds. The van der Waals surface area contributed by atoms with Crippen LogP contribution in [0.5, 0.6) is 0 Å². The van der Waals surface area contributed by atoms with Gasteiger partial charge in [-0.1, -0.05) is 0 Å². The van der Waals surface area contributed by atoms with Crippen molar-refractivity contribution in [1.29, 1.82) is 0 Å². The summed E-state index contributed by atoms with van der Waals surface area (Å²) in [4.78, 5) is 0. The number of nitrogens with zero attached hydrogens (tertiary/aromatic N) is 1. The molecule has 0 unspecified atom stereocenters. The van der Waals surface area contributed by atoms with Crippen LogP contribution in [0.25, 0.3) is 0 Å². The molecule has 1 aliphatic heterocycles. The molecule has 72 valence electrons. The fourth-order valence-corrected chi connectivity index (χ4v) is 2.01. The third kappa shape index (κ3) is 4.02. The molecule has 0 bridgehead atoms. The predicted octanol–water partition coefficient (Wildman–Crippen LogP) is 0.610. The highest BCUT2D eigenvalue weighted by atomic mass is 127. The van der Waals surface area contributed by atoms with Crippen LogP contribution in [0.2, 0.25) is 0 Å². The third-order valence-electron chi connectivity index (χ3n) is 2.25. The Hall–Kier alpha value is 0.610. The summed E-state index contributed by atoms with van der Waals surface area (Å²) in [5.41, 5.74) is 0. The maximum Gasteiger partial charge on any atom is 0.0201 e. The van der Waals surface area contributed by atoms with E-state index in [0.29, 0.717) is 0 Å². The molecule has 0 aromatic carbocycles. The van der Waals surface area contributed by atoms with Crippen molar-refractivity contribution in [1.82, 2.24) is 13.7 Å². The highest BCUT2D eigenvalue weighted by Gasteiger charge is 2.15. The third-order valence-corrected chi connectivity index (χ3v) is 3.21. The van der Waals surface area contributed by atoms with E-state index in [0.717, 1.165) is 19.1 Å². The number of nitrogens with one attached hydrogen (secondary N) is 2. The largest absolute Gasteiger partial charge is 0.318 e. The van der Waals surface area contributed by atoms with Gasteiger partial charge >= 0.3 is 0 Å². The standard InChI is InChI=1S/C8H18IN3/c1-10-4-5-11-8-2-6-12(9)7-3-8/h8,10-11H,2-7H2,1H3. The number of piperidine rings is 1. The molecule has 0 aliphatic carbocycles. The second-order valence-electron chi connectivity index (χ2n) is 3.24. The maximum atomic E-state index is 3.55. The quantitative estimate of drug-likeness (QED) is 0.450. The van der Waals surface area contributed by atoms with Gasteiger partial charge in [-0.2, -0.15) is 0 Å². The van der Waals surface area contributed by atoms with Gasteiger partial charge in [0.1, 0.15) is 0 Å². The fraction of sp³-hybridized carbons (Fsp3) is 1.00. The van der Waals surface area contributed by atoms with Crippen molar-refractivity contribution in [3.05, 3.63) is 0 Å². The molecule has 1 rings (SSSR count). The second-order valence-corrected chi connectivity index (χ2v) is 4.61. The minimum absolute atomic E-state index is 0.754. The van der Waals surface area contributed by atoms with Crippen LogP contribution >= 0.6 is 22.9 Å². The lowest BCUT2D eigenvalue weighted by molar-refractivity contribution is 0.326. The normalized spacial score (nSPS) is 21.5. The van der Waals surface area contributed by atoms with Crippen LogP contribution in [0.4, 0.5) is 0 Å². The number of hydrogen-bond donors (Lipinski definition) is 2. The minimum Gasteiger partial charge on any atom is -0.318 e. The van der Waals surface area contributed by atoms with Gasteiger partial charge < -0.3 is 10.6 Å². The Morgan fingerprint density at radius 3 is 2.58 bits per heavy atom. The average Bonchev–Trinajstić information content (AvgIpc) is 2.09. The van der Waals surface area contributed by atoms with Crippen molar-refractivity contribution in [2.75, 3.05) is 33.2 Å². The first-order valence-corrected chi connectivity index (χ1v) is 5.58. The lowest BCUT2D eigenvalue weighted by Gasteiger charge is -2.28. The van der Waals surface area contributed by atoms with Gasteiger partial charge in [-0.15, -0.1) is 0 Å². The van der Waals surface area contributed by atoms with E-state index in [4.69, 9.17) is 0 Å². The van der Waals surface area contributed by atoms with Crippen LogP contribution in [-0.4, -0.2) is 42.4 Å². The fourth-order valence-electron chi connectivity index (χ4n) is 1.45. The molecule has 2 N–H and O–H groups in total. The summed E-state index contributed by atoms with van der Waals surface area (Å²) in [7, 11) is 2.00. The lowest BCUT2D eigenvalue weighted by atomic mass is 10.1. The summed E-state index contributed by atoms with van der Waals surface area (Å²) in [5, 5.41) is 6.69. The van der Waals surface area contributed by atoms with E-state index in [2.05, 4.69) is 36.6 Å². The number of halogens is 1. The zero-order valence-corrected chi connectivity index (χ0v) is 9.80. The molecule has 0 saturated carbocycles. The predicted molar refractivity (Wildman–Crippen MR) is 60.5 cm³/mol. The number of rotatable bonds is 4. The molecule has 1 aliphatic rings. The van der Waals surface area contributed by atoms with Gasteiger partial charge in [0.2, 0.25) is 0 Å². The van der Waals surface area contributed by atoms with E-state index < -0.39 is 0 Å². The summed E-state index contributed by atoms with van der Waals surface area (Å²) in [6, 6.07) is 0.754. The number of likely N-dealkylation sites (N-methyl/N-ethyl adjacent to an activating group) is 1. The first kappa shape index (κ1) is 10.7. The Morgan fingerprint density at radius 2 is 2.00 bits per heavy atom. The summed E-state index contributed by atoms with van der Waals surface area (Å²) < 4.78 is 2.37. The van der Waals surface area contributed by atoms with Gasteiger partial charge in [0, 0.05) is 55.1 Å². The average molecular weight is 283 g/mol. The molecule has 0 spiro atoms. The van der Waals surface area contributed by atoms with E-state index in [9.17, 15) is 0 Å². The molecule has 0 radical (unpaired) electrons. The molecule has 3 nitrogen and oxygen atoms in total. The van der Waals surface area contributed by atoms with Crippen molar-refractivity contribution in [3.8, 4) is 0 Å². The van der Waals surface area contributed by atoms with E-state index in [1.807, 2.05) is 7.05 Å². The van der Waals surface area contributed by atoms with Gasteiger partial charge in [-0.3, -0.25) is 0 Å². The molecule has 1 fully saturated rings. The lowest BCUT2D eigenvalue weighted by Crippen LogP contribution is -2.41. The van der Waals surface area contributed by atoms with Crippen LogP contribution in [0, 0.1) is 0 Å². The summed E-state index contributed by atoms with van der Waals surface area (Å²) >= 11 is 2.41. The Morgan fingerprint density at radius 1 is 1.33 bits per heavy atom. The van der Waals surface area contributed by atoms with Gasteiger partial charge in [0.25, 0.3) is 0 Å². The summed E-state index contributed by atoms with van der Waals surface area (Å²) in [6.07, 6.45) is 2.60. The van der Waals surface area contributed by atoms with Crippen LogP contribution in [0.3, 0.4) is 0 Å². The zero-order chi connectivity index (χ0) is 8.81. The van der Waals surface area contributed by atoms with E-state index in [1.54, 1.807) is 0 Å². The molecular weight excluding hydrogens is 265 g/mol. The molecular formula is C8H18IN3. The van der Waals surface area contributed by atoms with Crippen LogP contribution in [0.1, 0.15) is 12.8 Å². The van der Waals surface area contributed by atoms with Crippen molar-refractivity contribution < 1.29 is 0 Å². The van der Waals surface area contributed by atoms with E-state index in [-0.39, 0.29) is 0 Å². The topological polar surface area (TPSA) is 27.3 Å². The van der Waals surface area contributed by atoms with Crippen LogP contribution in [0.15, 0.2) is 0 Å². The highest BCUT2D eigenvalue weighted by molar-refractivity contribution is 14.1. The molecule has 0 aromatic heterocycles. The smallest absolute Gasteiger partial charge is 0.0201 e. The molecule has 12 heavy (non-hydrogen) atoms. The van der Waals surface area contributed by atoms with Gasteiger partial charge in [-0.25, -0.2) is 3.11 Å². The Balaban J connectivity index is 2.01. The highest BCUT2D eigenvalue weighted by Crippen LogP contribution is 2.12. The van der Waals surface area contributed by atoms with Crippen molar-refractivity contribution in [2.24, 2.45) is 0 Å². The Bertz CT molecular complexity index is 113. The Kier molecular flexibility index (Phi) is 5.45. The molecule has 0 atom stereocenters. The molecule has 0 aromatic rings. The minimum atomic E-state index is 0.754. The van der Waals surface area contributed by atoms with Gasteiger partial charge in [0.05, 0.1) is 0 Å². The first-order chi connectivity index (χ1) is 5.83. The summed E-state index contributed by atoms with van der Waals surface area (Å²) in [5.74, 6) is 0.